The molecule has 8 nitrogen and oxygen atoms in total. The van der Waals surface area contributed by atoms with Crippen LogP contribution < -0.4 is 5.14 Å². The summed E-state index contributed by atoms with van der Waals surface area (Å²) in [5.41, 5.74) is 1.58. The van der Waals surface area contributed by atoms with E-state index in [1.807, 2.05) is 24.4 Å². The van der Waals surface area contributed by atoms with E-state index in [4.69, 9.17) is 5.14 Å². The van der Waals surface area contributed by atoms with Gasteiger partial charge >= 0.3 is 0 Å². The summed E-state index contributed by atoms with van der Waals surface area (Å²) in [6.45, 7) is 0. The monoisotopic (exact) mass is 304 g/mol. The lowest BCUT2D eigenvalue weighted by Crippen LogP contribution is -2.18. The fraction of sp³-hybridized carbons (Fsp3) is 0.250. The van der Waals surface area contributed by atoms with E-state index in [1.54, 1.807) is 15.3 Å². The third-order valence-electron chi connectivity index (χ3n) is 3.50. The zero-order chi connectivity index (χ0) is 14.6. The molecule has 1 saturated carbocycles. The summed E-state index contributed by atoms with van der Waals surface area (Å²) in [6, 6.07) is 5.73. The van der Waals surface area contributed by atoms with Crippen molar-refractivity contribution in [3.63, 3.8) is 0 Å². The molecule has 0 aliphatic heterocycles. The van der Waals surface area contributed by atoms with E-state index in [0.29, 0.717) is 5.82 Å². The Labute approximate surface area is 120 Å². The molecule has 3 aromatic rings. The number of nitrogens with zero attached hydrogens (tertiary/aromatic N) is 5. The van der Waals surface area contributed by atoms with Gasteiger partial charge in [-0.2, -0.15) is 5.10 Å². The molecule has 1 fully saturated rings. The van der Waals surface area contributed by atoms with Crippen LogP contribution in [-0.4, -0.2) is 32.8 Å². The molecule has 3 heterocycles. The minimum absolute atomic E-state index is 0.0852. The molecule has 21 heavy (non-hydrogen) atoms. The Bertz CT molecular complexity index is 938. The second-order valence-corrected chi connectivity index (χ2v) is 6.50. The second-order valence-electron chi connectivity index (χ2n) is 5.04. The summed E-state index contributed by atoms with van der Waals surface area (Å²) in [6.07, 6.45) is 5.27. The summed E-state index contributed by atoms with van der Waals surface area (Å²) in [7, 11) is -3.90. The van der Waals surface area contributed by atoms with E-state index >= 15 is 0 Å². The van der Waals surface area contributed by atoms with E-state index in [1.165, 1.54) is 0 Å². The van der Waals surface area contributed by atoms with Gasteiger partial charge in [0.05, 0.1) is 17.3 Å². The maximum Gasteiger partial charge on any atom is 0.273 e. The van der Waals surface area contributed by atoms with Crippen molar-refractivity contribution >= 4 is 15.5 Å². The van der Waals surface area contributed by atoms with Crippen molar-refractivity contribution in [3.8, 4) is 11.4 Å². The van der Waals surface area contributed by atoms with Crippen molar-refractivity contribution in [3.05, 3.63) is 30.6 Å². The summed E-state index contributed by atoms with van der Waals surface area (Å²) in [4.78, 5) is 0. The van der Waals surface area contributed by atoms with Gasteiger partial charge in [-0.15, -0.1) is 10.2 Å². The van der Waals surface area contributed by atoms with Gasteiger partial charge in [-0.25, -0.2) is 18.1 Å². The highest BCUT2D eigenvalue weighted by atomic mass is 32.2. The molecule has 1 aliphatic carbocycles. The molecular formula is C12H12N6O2S. The second kappa shape index (κ2) is 4.12. The fourth-order valence-electron chi connectivity index (χ4n) is 2.42. The molecular weight excluding hydrogens is 292 g/mol. The van der Waals surface area contributed by atoms with Crippen molar-refractivity contribution in [2.75, 3.05) is 0 Å². The maximum absolute atomic E-state index is 11.7. The highest BCUT2D eigenvalue weighted by molar-refractivity contribution is 7.89. The minimum Gasteiger partial charge on any atom is -0.294 e. The van der Waals surface area contributed by atoms with Crippen molar-refractivity contribution in [1.29, 1.82) is 0 Å². The first-order valence-corrected chi connectivity index (χ1v) is 8.01. The number of fused-ring (bicyclic) bond motifs is 1. The Balaban J connectivity index is 1.99. The van der Waals surface area contributed by atoms with Crippen LogP contribution in [0, 0.1) is 0 Å². The molecule has 0 radical (unpaired) electrons. The zero-order valence-electron chi connectivity index (χ0n) is 10.9. The minimum atomic E-state index is -3.90. The van der Waals surface area contributed by atoms with Gasteiger partial charge in [0, 0.05) is 12.2 Å². The van der Waals surface area contributed by atoms with Crippen molar-refractivity contribution in [2.45, 2.75) is 24.0 Å². The molecule has 0 unspecified atom stereocenters. The number of pyridine rings is 1. The number of hydrogen-bond donors (Lipinski definition) is 1. The quantitative estimate of drug-likeness (QED) is 0.761. The lowest BCUT2D eigenvalue weighted by atomic mass is 10.2. The molecule has 108 valence electrons. The Morgan fingerprint density at radius 2 is 2.05 bits per heavy atom. The Kier molecular flexibility index (Phi) is 2.45. The molecule has 0 atom stereocenters. The van der Waals surface area contributed by atoms with Crippen molar-refractivity contribution < 1.29 is 8.42 Å². The zero-order valence-corrected chi connectivity index (χ0v) is 11.7. The first kappa shape index (κ1) is 12.5. The summed E-state index contributed by atoms with van der Waals surface area (Å²) in [5.74, 6) is 0.489. The van der Waals surface area contributed by atoms with Crippen LogP contribution in [0.2, 0.25) is 0 Å². The normalized spacial score (nSPS) is 15.7. The predicted molar refractivity (Wildman–Crippen MR) is 73.9 cm³/mol. The Morgan fingerprint density at radius 3 is 2.76 bits per heavy atom. The number of aromatic nitrogens is 5. The lowest BCUT2D eigenvalue weighted by Gasteiger charge is -2.06. The van der Waals surface area contributed by atoms with E-state index < -0.39 is 10.0 Å². The Hall–Kier alpha value is -2.26. The molecule has 0 amide bonds. The van der Waals surface area contributed by atoms with Crippen molar-refractivity contribution in [2.24, 2.45) is 5.14 Å². The van der Waals surface area contributed by atoms with Crippen LogP contribution >= 0.6 is 0 Å². The van der Waals surface area contributed by atoms with Gasteiger partial charge in [0.15, 0.2) is 5.82 Å². The SMILES string of the molecule is NS(=O)(=O)c1nnc(-c2cnn3ccccc23)n1C1CC1. The smallest absolute Gasteiger partial charge is 0.273 e. The van der Waals surface area contributed by atoms with Gasteiger partial charge in [0.2, 0.25) is 0 Å². The first-order valence-electron chi connectivity index (χ1n) is 6.46. The first-order chi connectivity index (χ1) is 10.1. The number of rotatable bonds is 3. The average Bonchev–Trinajstić information content (AvgIpc) is 3.03. The van der Waals surface area contributed by atoms with E-state index in [9.17, 15) is 8.42 Å². The van der Waals surface area contributed by atoms with Crippen LogP contribution in [0.15, 0.2) is 35.7 Å². The van der Waals surface area contributed by atoms with Crippen LogP contribution in [-0.2, 0) is 10.0 Å². The van der Waals surface area contributed by atoms with Gasteiger partial charge < -0.3 is 0 Å². The number of primary sulfonamides is 1. The highest BCUT2D eigenvalue weighted by Crippen LogP contribution is 2.40. The summed E-state index contributed by atoms with van der Waals surface area (Å²) in [5, 5.41) is 17.1. The summed E-state index contributed by atoms with van der Waals surface area (Å²) < 4.78 is 26.6. The van der Waals surface area contributed by atoms with Crippen molar-refractivity contribution in [1.82, 2.24) is 24.4 Å². The third-order valence-corrected chi connectivity index (χ3v) is 4.29. The highest BCUT2D eigenvalue weighted by Gasteiger charge is 2.34. The van der Waals surface area contributed by atoms with Crippen LogP contribution in [0.3, 0.4) is 0 Å². The van der Waals surface area contributed by atoms with Crippen LogP contribution in [0.4, 0.5) is 0 Å². The van der Waals surface area contributed by atoms with Gasteiger partial charge in [-0.3, -0.25) is 4.57 Å². The van der Waals surface area contributed by atoms with E-state index in [0.717, 1.165) is 23.9 Å². The van der Waals surface area contributed by atoms with Crippen LogP contribution in [0.1, 0.15) is 18.9 Å². The van der Waals surface area contributed by atoms with E-state index in [2.05, 4.69) is 15.3 Å². The number of nitrogens with two attached hydrogens (primary N) is 1. The van der Waals surface area contributed by atoms with E-state index in [-0.39, 0.29) is 11.2 Å². The lowest BCUT2D eigenvalue weighted by molar-refractivity contribution is 0.567. The average molecular weight is 304 g/mol. The summed E-state index contributed by atoms with van der Waals surface area (Å²) >= 11 is 0. The fourth-order valence-corrected chi connectivity index (χ4v) is 3.09. The van der Waals surface area contributed by atoms with Crippen LogP contribution in [0.25, 0.3) is 16.9 Å². The largest absolute Gasteiger partial charge is 0.294 e. The standard InChI is InChI=1S/C12H12N6O2S/c13-21(19,20)12-16-15-11(18(12)8-4-5-8)9-7-14-17-6-2-1-3-10(9)17/h1-3,6-8H,4-5H2,(H2,13,19,20). The molecule has 2 N–H and O–H groups in total. The number of sulfonamides is 1. The molecule has 9 heteroatoms. The molecule has 0 bridgehead atoms. The number of hydrogen-bond acceptors (Lipinski definition) is 5. The molecule has 0 aromatic carbocycles. The van der Waals surface area contributed by atoms with Gasteiger partial charge in [-0.1, -0.05) is 6.07 Å². The molecule has 3 aromatic heterocycles. The van der Waals surface area contributed by atoms with Gasteiger partial charge in [-0.05, 0) is 25.0 Å². The van der Waals surface area contributed by atoms with Gasteiger partial charge in [0.1, 0.15) is 0 Å². The molecule has 0 spiro atoms. The Morgan fingerprint density at radius 1 is 1.24 bits per heavy atom. The molecule has 4 rings (SSSR count). The predicted octanol–water partition coefficient (Wildman–Crippen LogP) is 0.575. The maximum atomic E-state index is 11.7. The third kappa shape index (κ3) is 1.93. The molecule has 0 saturated heterocycles. The topological polar surface area (TPSA) is 108 Å². The molecule has 1 aliphatic rings. The van der Waals surface area contributed by atoms with Crippen LogP contribution in [0.5, 0.6) is 0 Å². The van der Waals surface area contributed by atoms with Gasteiger partial charge in [0.25, 0.3) is 15.2 Å².